The summed E-state index contributed by atoms with van der Waals surface area (Å²) in [5, 5.41) is 1.15. The van der Waals surface area contributed by atoms with Gasteiger partial charge in [0.05, 0.1) is 19.6 Å². The minimum atomic E-state index is -0.144. The number of methoxy groups -OCH3 is 1. The molecule has 0 aliphatic carbocycles. The predicted molar refractivity (Wildman–Crippen MR) is 133 cm³/mol. The van der Waals surface area contributed by atoms with Crippen LogP contribution in [0.1, 0.15) is 55.7 Å². The van der Waals surface area contributed by atoms with Crippen molar-refractivity contribution in [1.29, 1.82) is 0 Å². The first-order chi connectivity index (χ1) is 16.5. The lowest BCUT2D eigenvalue weighted by molar-refractivity contribution is -0.151. The van der Waals surface area contributed by atoms with Gasteiger partial charge < -0.3 is 19.4 Å². The summed E-state index contributed by atoms with van der Waals surface area (Å²) in [6, 6.07) is 14.3. The summed E-state index contributed by atoms with van der Waals surface area (Å²) in [6.07, 6.45) is 4.66. The quantitative estimate of drug-likeness (QED) is 0.475. The summed E-state index contributed by atoms with van der Waals surface area (Å²) in [5.41, 5.74) is 4.57. The molecule has 1 amide bonds. The van der Waals surface area contributed by atoms with E-state index in [4.69, 9.17) is 9.47 Å². The fourth-order valence-electron chi connectivity index (χ4n) is 5.02. The molecule has 6 heteroatoms. The number of para-hydroxylation sites is 1. The van der Waals surface area contributed by atoms with Crippen LogP contribution in [0.25, 0.3) is 10.9 Å². The number of nitrogens with one attached hydrogen (secondary N) is 1. The molecule has 1 atom stereocenters. The first-order valence-corrected chi connectivity index (χ1v) is 12.2. The van der Waals surface area contributed by atoms with Gasteiger partial charge in [-0.2, -0.15) is 0 Å². The molecule has 180 valence electrons. The zero-order chi connectivity index (χ0) is 24.1. The first-order valence-electron chi connectivity index (χ1n) is 12.2. The molecule has 34 heavy (non-hydrogen) atoms. The number of esters is 1. The van der Waals surface area contributed by atoms with Crippen LogP contribution >= 0.6 is 0 Å². The van der Waals surface area contributed by atoms with Crippen LogP contribution in [0.3, 0.4) is 0 Å². The molecule has 0 radical (unpaired) electrons. The summed E-state index contributed by atoms with van der Waals surface area (Å²) < 4.78 is 10.6. The highest BCUT2D eigenvalue weighted by atomic mass is 16.5. The number of aromatic nitrogens is 1. The van der Waals surface area contributed by atoms with Crippen molar-refractivity contribution in [1.82, 2.24) is 9.88 Å². The Hall–Kier alpha value is -3.28. The summed E-state index contributed by atoms with van der Waals surface area (Å²) in [6.45, 7) is 5.54. The van der Waals surface area contributed by atoms with Crippen molar-refractivity contribution in [2.75, 3.05) is 26.8 Å². The van der Waals surface area contributed by atoms with Crippen molar-refractivity contribution in [3.63, 3.8) is 0 Å². The Morgan fingerprint density at radius 3 is 2.59 bits per heavy atom. The van der Waals surface area contributed by atoms with Crippen molar-refractivity contribution in [3.05, 3.63) is 65.4 Å². The monoisotopic (exact) mass is 462 g/mol. The van der Waals surface area contributed by atoms with Crippen LogP contribution in [0, 0.1) is 5.92 Å². The molecule has 1 N–H and O–H groups in total. The lowest BCUT2D eigenvalue weighted by Gasteiger charge is -2.32. The summed E-state index contributed by atoms with van der Waals surface area (Å²) >= 11 is 0. The molecule has 1 fully saturated rings. The van der Waals surface area contributed by atoms with Crippen molar-refractivity contribution >= 4 is 22.8 Å². The molecule has 1 aliphatic rings. The van der Waals surface area contributed by atoms with Crippen LogP contribution < -0.4 is 4.74 Å². The smallest absolute Gasteiger partial charge is 0.309 e. The number of likely N-dealkylation sites (tertiary alicyclic amines) is 1. The van der Waals surface area contributed by atoms with Gasteiger partial charge in [-0.15, -0.1) is 0 Å². The van der Waals surface area contributed by atoms with Gasteiger partial charge in [0.15, 0.2) is 0 Å². The topological polar surface area (TPSA) is 71.6 Å². The maximum Gasteiger partial charge on any atom is 0.309 e. The van der Waals surface area contributed by atoms with Gasteiger partial charge in [0.1, 0.15) is 5.75 Å². The Balaban J connectivity index is 1.60. The van der Waals surface area contributed by atoms with E-state index in [1.54, 1.807) is 7.11 Å². The molecule has 1 aliphatic heterocycles. The molecule has 1 unspecified atom stereocenters. The molecule has 1 saturated heterocycles. The van der Waals surface area contributed by atoms with Gasteiger partial charge in [0.2, 0.25) is 5.91 Å². The molecule has 3 aromatic rings. The lowest BCUT2D eigenvalue weighted by atomic mass is 9.87. The van der Waals surface area contributed by atoms with Crippen LogP contribution in [0.2, 0.25) is 0 Å². The van der Waals surface area contributed by atoms with Crippen molar-refractivity contribution in [3.8, 4) is 5.75 Å². The maximum atomic E-state index is 13.5. The minimum Gasteiger partial charge on any atom is -0.497 e. The Morgan fingerprint density at radius 2 is 1.88 bits per heavy atom. The second-order valence-corrected chi connectivity index (χ2v) is 8.88. The van der Waals surface area contributed by atoms with Gasteiger partial charge in [-0.25, -0.2) is 0 Å². The number of carbonyl (C=O) groups is 2. The number of aromatic amines is 1. The van der Waals surface area contributed by atoms with Crippen LogP contribution in [0.15, 0.2) is 48.7 Å². The number of fused-ring (bicyclic) bond motifs is 1. The zero-order valence-corrected chi connectivity index (χ0v) is 20.3. The number of benzene rings is 2. The highest BCUT2D eigenvalue weighted by Crippen LogP contribution is 2.36. The van der Waals surface area contributed by atoms with Crippen LogP contribution in [-0.2, 0) is 20.7 Å². The van der Waals surface area contributed by atoms with Crippen molar-refractivity contribution in [2.45, 2.75) is 45.4 Å². The van der Waals surface area contributed by atoms with E-state index in [1.165, 1.54) is 5.56 Å². The van der Waals surface area contributed by atoms with Gasteiger partial charge in [-0.1, -0.05) is 37.3 Å². The van der Waals surface area contributed by atoms with Gasteiger partial charge in [-0.05, 0) is 55.0 Å². The largest absolute Gasteiger partial charge is 0.497 e. The molecule has 1 aromatic heterocycles. The fraction of sp³-hybridized carbons (Fsp3) is 0.429. The Kier molecular flexibility index (Phi) is 7.56. The Bertz CT molecular complexity index is 1140. The van der Waals surface area contributed by atoms with Gasteiger partial charge in [0.25, 0.3) is 0 Å². The molecular weight excluding hydrogens is 428 g/mol. The predicted octanol–water partition coefficient (Wildman–Crippen LogP) is 5.06. The number of H-pyrrole nitrogens is 1. The zero-order valence-electron chi connectivity index (χ0n) is 20.3. The van der Waals surface area contributed by atoms with Gasteiger partial charge in [0, 0.05) is 42.5 Å². The average molecular weight is 463 g/mol. The van der Waals surface area contributed by atoms with E-state index in [9.17, 15) is 9.59 Å². The first kappa shape index (κ1) is 23.9. The SMILES string of the molecule is CCOC(=O)C1CCN(C(=O)CC(c2cccc(OC)c2)c2c[nH]c3c(CC)cccc23)CC1. The molecule has 0 bridgehead atoms. The summed E-state index contributed by atoms with van der Waals surface area (Å²) in [4.78, 5) is 30.9. The number of hydrogen-bond acceptors (Lipinski definition) is 4. The van der Waals surface area contributed by atoms with E-state index in [2.05, 4.69) is 36.2 Å². The third-order valence-electron chi connectivity index (χ3n) is 6.93. The number of amides is 1. The molecule has 6 nitrogen and oxygen atoms in total. The van der Waals surface area contributed by atoms with E-state index < -0.39 is 0 Å². The third kappa shape index (κ3) is 4.96. The summed E-state index contributed by atoms with van der Waals surface area (Å²) in [5.74, 6) is 0.523. The number of piperidine rings is 1. The molecule has 2 heterocycles. The summed E-state index contributed by atoms with van der Waals surface area (Å²) in [7, 11) is 1.66. The van der Waals surface area contributed by atoms with E-state index in [1.807, 2.05) is 36.2 Å². The Morgan fingerprint density at radius 1 is 1.12 bits per heavy atom. The van der Waals surface area contributed by atoms with Gasteiger partial charge in [-0.3, -0.25) is 9.59 Å². The number of carbonyl (C=O) groups excluding carboxylic acids is 2. The molecular formula is C28H34N2O4. The van der Waals surface area contributed by atoms with Gasteiger partial charge >= 0.3 is 5.97 Å². The highest BCUT2D eigenvalue weighted by molar-refractivity contribution is 5.88. The van der Waals surface area contributed by atoms with E-state index in [0.29, 0.717) is 39.0 Å². The van der Waals surface area contributed by atoms with Crippen LogP contribution in [0.5, 0.6) is 5.75 Å². The Labute approximate surface area is 201 Å². The number of rotatable bonds is 8. The third-order valence-corrected chi connectivity index (χ3v) is 6.93. The molecule has 0 saturated carbocycles. The second kappa shape index (κ2) is 10.8. The molecule has 4 rings (SSSR count). The minimum absolute atomic E-state index is 0.105. The van der Waals surface area contributed by atoms with Crippen LogP contribution in [0.4, 0.5) is 0 Å². The van der Waals surface area contributed by atoms with E-state index >= 15 is 0 Å². The normalized spacial score (nSPS) is 15.3. The average Bonchev–Trinajstić information content (AvgIpc) is 3.31. The lowest BCUT2D eigenvalue weighted by Crippen LogP contribution is -2.41. The highest BCUT2D eigenvalue weighted by Gasteiger charge is 2.30. The maximum absolute atomic E-state index is 13.5. The van der Waals surface area contributed by atoms with E-state index in [0.717, 1.165) is 34.2 Å². The standard InChI is InChI=1S/C28H34N2O4/c1-4-19-8-7-11-23-25(18-29-27(19)23)24(21-9-6-10-22(16-21)33-3)17-26(31)30-14-12-20(13-15-30)28(32)34-5-2/h6-11,16,18,20,24,29H,4-5,12-15,17H2,1-3H3. The van der Waals surface area contributed by atoms with Crippen molar-refractivity contribution < 1.29 is 19.1 Å². The molecule has 0 spiro atoms. The molecule has 2 aromatic carbocycles. The number of hydrogen-bond donors (Lipinski definition) is 1. The second-order valence-electron chi connectivity index (χ2n) is 8.88. The van der Waals surface area contributed by atoms with Crippen molar-refractivity contribution in [2.24, 2.45) is 5.92 Å². The van der Waals surface area contributed by atoms with E-state index in [-0.39, 0.29) is 23.7 Å². The number of ether oxygens (including phenoxy) is 2. The fourth-order valence-corrected chi connectivity index (χ4v) is 5.02. The number of aryl methyl sites for hydroxylation is 1. The number of nitrogens with zero attached hydrogens (tertiary/aromatic N) is 1. The van der Waals surface area contributed by atoms with Crippen LogP contribution in [-0.4, -0.2) is 48.6 Å².